The molecule has 1 unspecified atom stereocenters. The first-order chi connectivity index (χ1) is 26.0. The molecule has 3 aromatic rings. The monoisotopic (exact) mass is 799 g/mol. The van der Waals surface area contributed by atoms with Crippen molar-refractivity contribution in [3.05, 3.63) is 107 Å². The van der Waals surface area contributed by atoms with E-state index in [1.54, 1.807) is 4.90 Å². The van der Waals surface area contributed by atoms with Gasteiger partial charge < -0.3 is 42.9 Å². The molecule has 0 aromatic heterocycles. The maximum Gasteiger partial charge on any atom is 0.490 e. The zero-order valence-corrected chi connectivity index (χ0v) is 30.1. The highest BCUT2D eigenvalue weighted by Crippen LogP contribution is 2.30. The van der Waals surface area contributed by atoms with Crippen LogP contribution in [-0.4, -0.2) is 75.8 Å². The number of carboxylic acid groups (broad SMARTS) is 2. The van der Waals surface area contributed by atoms with Gasteiger partial charge in [0.15, 0.2) is 5.96 Å². The minimum Gasteiger partial charge on any atom is -0.475 e. The SMILES string of the molecule is CC(C)C(NC(N)=O)c1ccc(CN(C(=O)C(c2ccccc2)c2ccccc2)[C@H](CCCNC(=N)N)C(N)=O)cc1.O=C(O)C(F)(F)F.O=C(O)C(F)(F)F. The summed E-state index contributed by atoms with van der Waals surface area (Å²) in [5, 5.41) is 27.2. The molecule has 0 fully saturated rings. The summed E-state index contributed by atoms with van der Waals surface area (Å²) in [7, 11) is 0. The van der Waals surface area contributed by atoms with Gasteiger partial charge in [0.2, 0.25) is 11.8 Å². The Labute approximate surface area is 317 Å². The molecule has 0 saturated carbocycles. The van der Waals surface area contributed by atoms with Crippen molar-refractivity contribution in [1.29, 1.82) is 5.41 Å². The summed E-state index contributed by atoms with van der Waals surface area (Å²) in [6.45, 7) is 4.47. The molecular formula is C36H43F6N7O7. The lowest BCUT2D eigenvalue weighted by atomic mass is 9.89. The van der Waals surface area contributed by atoms with E-state index in [1.807, 2.05) is 98.8 Å². The van der Waals surface area contributed by atoms with E-state index in [0.29, 0.717) is 13.0 Å². The number of hydrogen-bond donors (Lipinski definition) is 8. The molecule has 20 heteroatoms. The maximum absolute atomic E-state index is 14.5. The molecule has 2 atom stereocenters. The summed E-state index contributed by atoms with van der Waals surface area (Å²) in [6, 6.07) is 24.7. The smallest absolute Gasteiger partial charge is 0.475 e. The first kappa shape index (κ1) is 47.7. The highest BCUT2D eigenvalue weighted by molar-refractivity contribution is 5.92. The van der Waals surface area contributed by atoms with Gasteiger partial charge >= 0.3 is 30.3 Å². The Morgan fingerprint density at radius 2 is 1.16 bits per heavy atom. The number of carboxylic acids is 2. The molecular weight excluding hydrogens is 756 g/mol. The average molecular weight is 800 g/mol. The fourth-order valence-electron chi connectivity index (χ4n) is 5.06. The number of guanidine groups is 1. The number of carbonyl (C=O) groups is 5. The highest BCUT2D eigenvalue weighted by Gasteiger charge is 2.39. The van der Waals surface area contributed by atoms with E-state index in [4.69, 9.17) is 42.4 Å². The first-order valence-corrected chi connectivity index (χ1v) is 16.5. The Morgan fingerprint density at radius 1 is 0.732 bits per heavy atom. The molecule has 0 radical (unpaired) electrons. The maximum atomic E-state index is 14.5. The fourth-order valence-corrected chi connectivity index (χ4v) is 5.06. The Kier molecular flexibility index (Phi) is 18.8. The van der Waals surface area contributed by atoms with Gasteiger partial charge in [-0.15, -0.1) is 0 Å². The van der Waals surface area contributed by atoms with E-state index in [2.05, 4.69) is 10.6 Å². The zero-order chi connectivity index (χ0) is 42.8. The van der Waals surface area contributed by atoms with Gasteiger partial charge in [-0.25, -0.2) is 14.4 Å². The Hall–Kier alpha value is -6.34. The Morgan fingerprint density at radius 3 is 1.50 bits per heavy atom. The molecule has 11 N–H and O–H groups in total. The molecule has 0 spiro atoms. The number of urea groups is 1. The van der Waals surface area contributed by atoms with Crippen LogP contribution in [-0.2, 0) is 25.7 Å². The lowest BCUT2D eigenvalue weighted by molar-refractivity contribution is -0.193. The van der Waals surface area contributed by atoms with Crippen LogP contribution in [0.2, 0.25) is 0 Å². The van der Waals surface area contributed by atoms with Crippen LogP contribution in [0, 0.1) is 11.3 Å². The van der Waals surface area contributed by atoms with E-state index in [1.165, 1.54) is 0 Å². The van der Waals surface area contributed by atoms with Gasteiger partial charge in [0.25, 0.3) is 0 Å². The zero-order valence-electron chi connectivity index (χ0n) is 30.1. The van der Waals surface area contributed by atoms with Crippen molar-refractivity contribution < 1.29 is 60.5 Å². The van der Waals surface area contributed by atoms with Crippen molar-refractivity contribution >= 4 is 35.7 Å². The quantitative estimate of drug-likeness (QED) is 0.0490. The number of aliphatic carboxylic acids is 2. The normalized spacial score (nSPS) is 12.1. The Balaban J connectivity index is 0.000000949. The number of alkyl halides is 6. The van der Waals surface area contributed by atoms with Crippen molar-refractivity contribution in [3.63, 3.8) is 0 Å². The van der Waals surface area contributed by atoms with Crippen LogP contribution in [0.15, 0.2) is 84.9 Å². The molecule has 306 valence electrons. The van der Waals surface area contributed by atoms with Gasteiger partial charge in [0, 0.05) is 13.1 Å². The first-order valence-electron chi connectivity index (χ1n) is 16.5. The molecule has 0 aliphatic rings. The number of benzene rings is 3. The summed E-state index contributed by atoms with van der Waals surface area (Å²) >= 11 is 0. The van der Waals surface area contributed by atoms with Gasteiger partial charge in [-0.1, -0.05) is 98.8 Å². The Bertz CT molecular complexity index is 1680. The minimum absolute atomic E-state index is 0.0989. The van der Waals surface area contributed by atoms with Gasteiger partial charge in [-0.2, -0.15) is 26.3 Å². The highest BCUT2D eigenvalue weighted by atomic mass is 19.4. The van der Waals surface area contributed by atoms with E-state index in [9.17, 15) is 40.7 Å². The number of amides is 4. The second kappa shape index (κ2) is 22.1. The van der Waals surface area contributed by atoms with Crippen LogP contribution in [0.1, 0.15) is 60.9 Å². The van der Waals surface area contributed by atoms with Crippen LogP contribution in [0.3, 0.4) is 0 Å². The van der Waals surface area contributed by atoms with Gasteiger partial charge in [0.05, 0.1) is 12.0 Å². The van der Waals surface area contributed by atoms with Crippen LogP contribution in [0.5, 0.6) is 0 Å². The number of rotatable bonds is 14. The largest absolute Gasteiger partial charge is 0.490 e. The van der Waals surface area contributed by atoms with Crippen molar-refractivity contribution in [2.45, 2.75) is 63.6 Å². The third-order valence-electron chi connectivity index (χ3n) is 7.61. The van der Waals surface area contributed by atoms with Crippen molar-refractivity contribution in [2.24, 2.45) is 23.1 Å². The van der Waals surface area contributed by atoms with E-state index < -0.39 is 48.2 Å². The predicted molar refractivity (Wildman–Crippen MR) is 192 cm³/mol. The number of halogens is 6. The van der Waals surface area contributed by atoms with Crippen molar-refractivity contribution in [3.8, 4) is 0 Å². The number of carbonyl (C=O) groups excluding carboxylic acids is 3. The molecule has 0 heterocycles. The number of nitrogens with zero attached hydrogens (tertiary/aromatic N) is 1. The third-order valence-corrected chi connectivity index (χ3v) is 7.61. The van der Waals surface area contributed by atoms with Gasteiger partial charge in [-0.05, 0) is 41.0 Å². The van der Waals surface area contributed by atoms with E-state index in [0.717, 1.165) is 22.3 Å². The van der Waals surface area contributed by atoms with Crippen LogP contribution < -0.4 is 27.8 Å². The van der Waals surface area contributed by atoms with Crippen LogP contribution in [0.4, 0.5) is 31.1 Å². The molecule has 56 heavy (non-hydrogen) atoms. The molecule has 4 amide bonds. The van der Waals surface area contributed by atoms with Gasteiger partial charge in [-0.3, -0.25) is 15.0 Å². The molecule has 0 bridgehead atoms. The lowest BCUT2D eigenvalue weighted by Crippen LogP contribution is -2.49. The average Bonchev–Trinajstić information content (AvgIpc) is 3.10. The van der Waals surface area contributed by atoms with Crippen LogP contribution >= 0.6 is 0 Å². The minimum atomic E-state index is -5.08. The summed E-state index contributed by atoms with van der Waals surface area (Å²) < 4.78 is 63.5. The molecule has 0 saturated heterocycles. The van der Waals surface area contributed by atoms with Crippen molar-refractivity contribution in [2.75, 3.05) is 6.54 Å². The molecule has 0 aliphatic carbocycles. The summed E-state index contributed by atoms with van der Waals surface area (Å²) in [4.78, 5) is 58.3. The molecule has 0 aliphatic heterocycles. The molecule has 3 rings (SSSR count). The van der Waals surface area contributed by atoms with Gasteiger partial charge in [0.1, 0.15) is 6.04 Å². The fraction of sp³-hybridized carbons (Fsp3) is 0.333. The second-order valence-corrected chi connectivity index (χ2v) is 12.2. The number of primary amides is 2. The standard InChI is InChI=1S/C32H41N7O3.2C2HF3O2/c1-21(2)28(38-32(36)42)25-17-15-22(16-18-25)20-39(26(29(33)40)14-9-19-37-31(34)35)30(41)27(23-10-5-3-6-11-23)24-12-7-4-8-13-24;2*3-2(4,5)1(6)7/h3-8,10-13,15-18,21,26-28H,9,14,19-20H2,1-2H3,(H2,33,40)(H4,34,35,37)(H3,36,38,42);2*(H,6,7)/t26-,28?;;/m1../s1. The third kappa shape index (κ3) is 16.8. The topological polar surface area (TPSA) is 255 Å². The van der Waals surface area contributed by atoms with E-state index >= 15 is 0 Å². The number of nitrogens with two attached hydrogens (primary N) is 3. The summed E-state index contributed by atoms with van der Waals surface area (Å²) in [5.74, 6) is -7.11. The number of hydrogen-bond acceptors (Lipinski definition) is 6. The van der Waals surface area contributed by atoms with Crippen molar-refractivity contribution in [1.82, 2.24) is 15.5 Å². The van der Waals surface area contributed by atoms with Crippen LogP contribution in [0.25, 0.3) is 0 Å². The number of nitrogens with one attached hydrogen (secondary N) is 3. The summed E-state index contributed by atoms with van der Waals surface area (Å²) in [6.07, 6.45) is -9.42. The predicted octanol–water partition coefficient (Wildman–Crippen LogP) is 4.60. The molecule has 14 nitrogen and oxygen atoms in total. The second-order valence-electron chi connectivity index (χ2n) is 12.2. The lowest BCUT2D eigenvalue weighted by Gasteiger charge is -2.33. The van der Waals surface area contributed by atoms with E-state index in [-0.39, 0.29) is 36.8 Å². The summed E-state index contributed by atoms with van der Waals surface area (Å²) in [5.41, 5.74) is 20.0. The molecule has 3 aromatic carbocycles.